The van der Waals surface area contributed by atoms with Crippen molar-refractivity contribution in [1.82, 2.24) is 5.43 Å². The van der Waals surface area contributed by atoms with Gasteiger partial charge in [-0.05, 0) is 36.5 Å². The van der Waals surface area contributed by atoms with Crippen LogP contribution >= 0.6 is 15.9 Å². The Balaban J connectivity index is 2.90. The lowest BCUT2D eigenvalue weighted by Gasteiger charge is -2.23. The maximum atomic E-state index is 5.66. The molecule has 0 radical (unpaired) electrons. The molecule has 0 spiro atoms. The average molecular weight is 285 g/mol. The molecule has 0 saturated carbocycles. The molecule has 1 aromatic carbocycles. The lowest BCUT2D eigenvalue weighted by molar-refractivity contribution is 0.368. The Morgan fingerprint density at radius 2 is 2.12 bits per heavy atom. The van der Waals surface area contributed by atoms with Gasteiger partial charge in [0.05, 0.1) is 0 Å². The number of hydrogen-bond donors (Lipinski definition) is 2. The fraction of sp³-hybridized carbons (Fsp3) is 0.538. The van der Waals surface area contributed by atoms with Gasteiger partial charge in [0.15, 0.2) is 0 Å². The highest BCUT2D eigenvalue weighted by Gasteiger charge is 2.17. The molecule has 1 aromatic rings. The second-order valence-corrected chi connectivity index (χ2v) is 5.27. The number of nitrogens with two attached hydrogens (primary N) is 1. The topological polar surface area (TPSA) is 38.0 Å². The van der Waals surface area contributed by atoms with E-state index in [9.17, 15) is 0 Å². The maximum Gasteiger partial charge on any atom is 0.0485 e. The SMILES string of the molecule is CCCC(C)C(NN)c1ccc(Br)c(C)c1. The van der Waals surface area contributed by atoms with Crippen LogP contribution in [-0.2, 0) is 0 Å². The molecule has 90 valence electrons. The highest BCUT2D eigenvalue weighted by Crippen LogP contribution is 2.27. The van der Waals surface area contributed by atoms with E-state index in [0.29, 0.717) is 5.92 Å². The lowest BCUT2D eigenvalue weighted by atomic mass is 9.91. The summed E-state index contributed by atoms with van der Waals surface area (Å²) in [5.41, 5.74) is 5.45. The van der Waals surface area contributed by atoms with E-state index in [2.05, 4.69) is 60.3 Å². The van der Waals surface area contributed by atoms with Gasteiger partial charge in [-0.3, -0.25) is 11.3 Å². The van der Waals surface area contributed by atoms with Gasteiger partial charge < -0.3 is 0 Å². The van der Waals surface area contributed by atoms with Crippen LogP contribution in [0.25, 0.3) is 0 Å². The second kappa shape index (κ2) is 6.38. The molecule has 0 amide bonds. The van der Waals surface area contributed by atoms with Crippen molar-refractivity contribution in [1.29, 1.82) is 0 Å². The minimum atomic E-state index is 0.242. The van der Waals surface area contributed by atoms with Crippen LogP contribution in [0.2, 0.25) is 0 Å². The molecule has 0 aromatic heterocycles. The summed E-state index contributed by atoms with van der Waals surface area (Å²) >= 11 is 3.52. The summed E-state index contributed by atoms with van der Waals surface area (Å²) < 4.78 is 1.15. The number of rotatable bonds is 5. The van der Waals surface area contributed by atoms with Crippen molar-refractivity contribution < 1.29 is 0 Å². The quantitative estimate of drug-likeness (QED) is 0.639. The summed E-state index contributed by atoms with van der Waals surface area (Å²) in [6.07, 6.45) is 2.37. The van der Waals surface area contributed by atoms with Gasteiger partial charge in [-0.25, -0.2) is 0 Å². The molecule has 0 fully saturated rings. The fourth-order valence-electron chi connectivity index (χ4n) is 2.07. The first kappa shape index (κ1) is 13.7. The zero-order chi connectivity index (χ0) is 12.1. The number of hydrogen-bond acceptors (Lipinski definition) is 2. The molecule has 3 N–H and O–H groups in total. The van der Waals surface area contributed by atoms with Crippen molar-refractivity contribution >= 4 is 15.9 Å². The van der Waals surface area contributed by atoms with Crippen LogP contribution in [0.3, 0.4) is 0 Å². The fourth-order valence-corrected chi connectivity index (χ4v) is 2.32. The normalized spacial score (nSPS) is 14.8. The summed E-state index contributed by atoms with van der Waals surface area (Å²) in [7, 11) is 0. The standard InChI is InChI=1S/C13H21BrN2/c1-4-5-9(2)13(16-15)11-6-7-12(14)10(3)8-11/h6-9,13,16H,4-5,15H2,1-3H3. The van der Waals surface area contributed by atoms with E-state index >= 15 is 0 Å². The third kappa shape index (κ3) is 3.30. The van der Waals surface area contributed by atoms with Crippen LogP contribution in [0.4, 0.5) is 0 Å². The van der Waals surface area contributed by atoms with E-state index in [-0.39, 0.29) is 6.04 Å². The first-order valence-corrected chi connectivity index (χ1v) is 6.61. The predicted octanol–water partition coefficient (Wildman–Crippen LogP) is 3.70. The maximum absolute atomic E-state index is 5.66. The lowest BCUT2D eigenvalue weighted by Crippen LogP contribution is -2.32. The van der Waals surface area contributed by atoms with E-state index < -0.39 is 0 Å². The van der Waals surface area contributed by atoms with E-state index in [4.69, 9.17) is 5.84 Å². The van der Waals surface area contributed by atoms with Crippen molar-refractivity contribution in [3.05, 3.63) is 33.8 Å². The minimum Gasteiger partial charge on any atom is -0.271 e. The Hall–Kier alpha value is -0.380. The van der Waals surface area contributed by atoms with Gasteiger partial charge in [0.1, 0.15) is 0 Å². The average Bonchev–Trinajstić information content (AvgIpc) is 2.25. The summed E-state index contributed by atoms with van der Waals surface area (Å²) in [4.78, 5) is 0. The molecule has 2 unspecified atom stereocenters. The first-order valence-electron chi connectivity index (χ1n) is 5.82. The first-order chi connectivity index (χ1) is 7.60. The van der Waals surface area contributed by atoms with E-state index in [1.807, 2.05) is 0 Å². The molecule has 0 saturated heterocycles. The van der Waals surface area contributed by atoms with Crippen LogP contribution in [0.5, 0.6) is 0 Å². The molecule has 0 aliphatic carbocycles. The highest BCUT2D eigenvalue weighted by atomic mass is 79.9. The van der Waals surface area contributed by atoms with E-state index in [0.717, 1.165) is 4.47 Å². The number of benzene rings is 1. The van der Waals surface area contributed by atoms with Crippen molar-refractivity contribution in [3.63, 3.8) is 0 Å². The smallest absolute Gasteiger partial charge is 0.0485 e. The van der Waals surface area contributed by atoms with Gasteiger partial charge >= 0.3 is 0 Å². The van der Waals surface area contributed by atoms with E-state index in [1.165, 1.54) is 24.0 Å². The van der Waals surface area contributed by atoms with Crippen LogP contribution in [0, 0.1) is 12.8 Å². The van der Waals surface area contributed by atoms with Crippen molar-refractivity contribution in [2.75, 3.05) is 0 Å². The number of aryl methyl sites for hydroxylation is 1. The number of halogens is 1. The summed E-state index contributed by atoms with van der Waals surface area (Å²) in [5, 5.41) is 0. The molecule has 0 aliphatic rings. The molecule has 3 heteroatoms. The van der Waals surface area contributed by atoms with Crippen LogP contribution in [-0.4, -0.2) is 0 Å². The molecule has 0 aliphatic heterocycles. The highest BCUT2D eigenvalue weighted by molar-refractivity contribution is 9.10. The van der Waals surface area contributed by atoms with Gasteiger partial charge in [-0.15, -0.1) is 0 Å². The van der Waals surface area contributed by atoms with Crippen molar-refractivity contribution in [2.24, 2.45) is 11.8 Å². The Morgan fingerprint density at radius 1 is 1.44 bits per heavy atom. The van der Waals surface area contributed by atoms with Gasteiger partial charge in [0.2, 0.25) is 0 Å². The number of nitrogens with one attached hydrogen (secondary N) is 1. The van der Waals surface area contributed by atoms with Crippen LogP contribution in [0.15, 0.2) is 22.7 Å². The Labute approximate surface area is 107 Å². The summed E-state index contributed by atoms with van der Waals surface area (Å²) in [6.45, 7) is 6.55. The van der Waals surface area contributed by atoms with Gasteiger partial charge in [-0.2, -0.15) is 0 Å². The monoisotopic (exact) mass is 284 g/mol. The molecule has 2 nitrogen and oxygen atoms in total. The summed E-state index contributed by atoms with van der Waals surface area (Å²) in [5.74, 6) is 6.21. The Bertz CT molecular complexity index is 339. The predicted molar refractivity (Wildman–Crippen MR) is 73.0 cm³/mol. The minimum absolute atomic E-state index is 0.242. The number of hydrazine groups is 1. The van der Waals surface area contributed by atoms with Crippen LogP contribution in [0.1, 0.15) is 43.9 Å². The van der Waals surface area contributed by atoms with Crippen molar-refractivity contribution in [2.45, 2.75) is 39.7 Å². The molecular formula is C13H21BrN2. The molecule has 2 atom stereocenters. The third-order valence-corrected chi connectivity index (χ3v) is 3.92. The third-order valence-electron chi connectivity index (χ3n) is 3.03. The van der Waals surface area contributed by atoms with Gasteiger partial charge in [0, 0.05) is 10.5 Å². The Morgan fingerprint density at radius 3 is 2.62 bits per heavy atom. The molecule has 0 heterocycles. The zero-order valence-corrected chi connectivity index (χ0v) is 11.8. The molecule has 16 heavy (non-hydrogen) atoms. The molecular weight excluding hydrogens is 264 g/mol. The van der Waals surface area contributed by atoms with Crippen LogP contribution < -0.4 is 11.3 Å². The Kier molecular flexibility index (Phi) is 5.46. The van der Waals surface area contributed by atoms with Gasteiger partial charge in [-0.1, -0.05) is 48.3 Å². The van der Waals surface area contributed by atoms with Gasteiger partial charge in [0.25, 0.3) is 0 Å². The largest absolute Gasteiger partial charge is 0.271 e. The molecule has 1 rings (SSSR count). The second-order valence-electron chi connectivity index (χ2n) is 4.42. The summed E-state index contributed by atoms with van der Waals surface area (Å²) in [6, 6.07) is 6.66. The zero-order valence-electron chi connectivity index (χ0n) is 10.3. The molecule has 0 bridgehead atoms. The van der Waals surface area contributed by atoms with Crippen molar-refractivity contribution in [3.8, 4) is 0 Å². The van der Waals surface area contributed by atoms with E-state index in [1.54, 1.807) is 0 Å².